The van der Waals surface area contributed by atoms with Crippen LogP contribution in [0.2, 0.25) is 0 Å². The zero-order valence-corrected chi connectivity index (χ0v) is 15.5. The first-order valence-corrected chi connectivity index (χ1v) is 9.24. The summed E-state index contributed by atoms with van der Waals surface area (Å²) in [4.78, 5) is 37.2. The van der Waals surface area contributed by atoms with Crippen LogP contribution in [0.5, 0.6) is 0 Å². The van der Waals surface area contributed by atoms with Crippen LogP contribution in [0, 0.1) is 0 Å². The van der Waals surface area contributed by atoms with Gasteiger partial charge in [0.15, 0.2) is 0 Å². The lowest BCUT2D eigenvalue weighted by atomic mass is 10.1. The fraction of sp³-hybridized carbons (Fsp3) is 0.316. The summed E-state index contributed by atoms with van der Waals surface area (Å²) in [7, 11) is 0. The number of nitrogens with one attached hydrogen (secondary N) is 3. The lowest BCUT2D eigenvalue weighted by Crippen LogP contribution is -2.42. The molecule has 0 aromatic carbocycles. The van der Waals surface area contributed by atoms with Gasteiger partial charge in [-0.2, -0.15) is 0 Å². The lowest BCUT2D eigenvalue weighted by Gasteiger charge is -2.24. The summed E-state index contributed by atoms with van der Waals surface area (Å²) in [6.07, 6.45) is 7.70. The van der Waals surface area contributed by atoms with Crippen LogP contribution in [0.25, 0.3) is 10.8 Å². The van der Waals surface area contributed by atoms with Crippen molar-refractivity contribution in [2.24, 2.45) is 0 Å². The Morgan fingerprint density at radius 2 is 2.18 bits per heavy atom. The number of aromatic nitrogens is 4. The van der Waals surface area contributed by atoms with Crippen LogP contribution in [0.1, 0.15) is 19.8 Å². The molecule has 1 saturated heterocycles. The number of piperidine rings is 1. The highest BCUT2D eigenvalue weighted by atomic mass is 16.1. The molecule has 3 aromatic heterocycles. The van der Waals surface area contributed by atoms with E-state index in [-0.39, 0.29) is 17.5 Å². The average molecular weight is 379 g/mol. The summed E-state index contributed by atoms with van der Waals surface area (Å²) in [5, 5.41) is 10.6. The fourth-order valence-electron chi connectivity index (χ4n) is 3.26. The van der Waals surface area contributed by atoms with Gasteiger partial charge < -0.3 is 20.5 Å². The van der Waals surface area contributed by atoms with E-state index in [0.29, 0.717) is 48.8 Å². The molecule has 1 aliphatic heterocycles. The molecule has 1 aliphatic rings. The van der Waals surface area contributed by atoms with E-state index in [0.717, 1.165) is 5.39 Å². The number of rotatable bonds is 5. The molecule has 1 amide bonds. The van der Waals surface area contributed by atoms with E-state index in [1.165, 1.54) is 0 Å². The first-order chi connectivity index (χ1) is 13.6. The van der Waals surface area contributed by atoms with Gasteiger partial charge in [-0.15, -0.1) is 0 Å². The topological polar surface area (TPSA) is 114 Å². The van der Waals surface area contributed by atoms with Gasteiger partial charge in [-0.25, -0.2) is 9.97 Å². The van der Waals surface area contributed by atoms with Crippen molar-refractivity contribution < 1.29 is 4.79 Å². The number of amides is 1. The predicted molar refractivity (Wildman–Crippen MR) is 107 cm³/mol. The number of hydrogen-bond donors (Lipinski definition) is 3. The van der Waals surface area contributed by atoms with E-state index >= 15 is 0 Å². The summed E-state index contributed by atoms with van der Waals surface area (Å²) >= 11 is 0. The first kappa shape index (κ1) is 17.9. The summed E-state index contributed by atoms with van der Waals surface area (Å²) < 4.78 is 1.65. The maximum absolute atomic E-state index is 12.9. The highest BCUT2D eigenvalue weighted by Crippen LogP contribution is 2.25. The quantitative estimate of drug-likeness (QED) is 0.617. The smallest absolute Gasteiger partial charge is 0.262 e. The van der Waals surface area contributed by atoms with E-state index in [1.807, 2.05) is 19.1 Å². The summed E-state index contributed by atoms with van der Waals surface area (Å²) in [5.74, 6) is 1.66. The van der Waals surface area contributed by atoms with Crippen LogP contribution in [-0.2, 0) is 11.3 Å². The van der Waals surface area contributed by atoms with Crippen LogP contribution >= 0.6 is 0 Å². The maximum atomic E-state index is 12.9. The molecule has 144 valence electrons. The summed E-state index contributed by atoms with van der Waals surface area (Å²) in [6, 6.07) is 3.73. The van der Waals surface area contributed by atoms with Crippen molar-refractivity contribution >= 4 is 34.1 Å². The number of carbonyl (C=O) groups excluding carboxylic acids is 1. The number of anilines is 3. The van der Waals surface area contributed by atoms with Gasteiger partial charge in [0.05, 0.1) is 11.6 Å². The molecule has 4 heterocycles. The largest absolute Gasteiger partial charge is 0.365 e. The molecule has 0 spiro atoms. The third-order valence-electron chi connectivity index (χ3n) is 4.73. The molecule has 1 atom stereocenters. The van der Waals surface area contributed by atoms with Crippen molar-refractivity contribution in [3.05, 3.63) is 47.3 Å². The molecule has 3 N–H and O–H groups in total. The number of aryl methyl sites for hydroxylation is 1. The zero-order valence-electron chi connectivity index (χ0n) is 15.5. The van der Waals surface area contributed by atoms with Gasteiger partial charge in [0, 0.05) is 44.1 Å². The number of hydrogen-bond acceptors (Lipinski definition) is 7. The van der Waals surface area contributed by atoms with Gasteiger partial charge in [-0.1, -0.05) is 0 Å². The van der Waals surface area contributed by atoms with Crippen molar-refractivity contribution in [3.8, 4) is 0 Å². The van der Waals surface area contributed by atoms with E-state index < -0.39 is 0 Å². The van der Waals surface area contributed by atoms with Gasteiger partial charge in [-0.3, -0.25) is 14.6 Å². The summed E-state index contributed by atoms with van der Waals surface area (Å²) in [5.41, 5.74) is -0.0964. The molecule has 0 aliphatic carbocycles. The van der Waals surface area contributed by atoms with E-state index in [9.17, 15) is 9.59 Å². The summed E-state index contributed by atoms with van der Waals surface area (Å²) in [6.45, 7) is 3.00. The van der Waals surface area contributed by atoms with E-state index in [1.54, 1.807) is 29.4 Å². The number of fused-ring (bicyclic) bond motifs is 1. The standard InChI is InChI=1S/C19H21N7O2/c1-2-26-8-5-12-9-14(24-15-11-20-6-7-21-15)25-18(17(12)19(26)28)23-13-3-4-16(27)22-10-13/h5-9,11,13H,2-4,10H2,1H3,(H,22,27)(H2,21,23,24,25)/t13-/m1/s1. The minimum absolute atomic E-state index is 0.00912. The molecule has 9 nitrogen and oxygen atoms in total. The Bertz CT molecular complexity index is 1060. The molecule has 28 heavy (non-hydrogen) atoms. The number of pyridine rings is 2. The van der Waals surface area contributed by atoms with Crippen molar-refractivity contribution in [2.75, 3.05) is 17.2 Å². The number of carbonyl (C=O) groups is 1. The number of nitrogens with zero attached hydrogens (tertiary/aromatic N) is 4. The predicted octanol–water partition coefficient (Wildman–Crippen LogP) is 1.64. The average Bonchev–Trinajstić information content (AvgIpc) is 2.70. The molecular formula is C19H21N7O2. The van der Waals surface area contributed by atoms with Gasteiger partial charge in [0.25, 0.3) is 5.56 Å². The molecule has 9 heteroatoms. The van der Waals surface area contributed by atoms with Crippen molar-refractivity contribution in [1.29, 1.82) is 0 Å². The van der Waals surface area contributed by atoms with E-state index in [4.69, 9.17) is 0 Å². The van der Waals surface area contributed by atoms with Crippen LogP contribution in [0.4, 0.5) is 17.5 Å². The molecule has 0 bridgehead atoms. The Balaban J connectivity index is 1.76. The minimum Gasteiger partial charge on any atom is -0.365 e. The lowest BCUT2D eigenvalue weighted by molar-refractivity contribution is -0.122. The van der Waals surface area contributed by atoms with Gasteiger partial charge in [-0.05, 0) is 30.9 Å². The van der Waals surface area contributed by atoms with Crippen LogP contribution in [0.15, 0.2) is 41.7 Å². The molecule has 0 unspecified atom stereocenters. The van der Waals surface area contributed by atoms with E-state index in [2.05, 4.69) is 30.9 Å². The second kappa shape index (κ2) is 7.63. The molecule has 1 fully saturated rings. The maximum Gasteiger partial charge on any atom is 0.262 e. The zero-order chi connectivity index (χ0) is 19.5. The highest BCUT2D eigenvalue weighted by molar-refractivity contribution is 5.93. The Morgan fingerprint density at radius 1 is 1.29 bits per heavy atom. The second-order valence-electron chi connectivity index (χ2n) is 6.63. The van der Waals surface area contributed by atoms with Gasteiger partial charge >= 0.3 is 0 Å². The minimum atomic E-state index is -0.0964. The monoisotopic (exact) mass is 379 g/mol. The molecule has 3 aromatic rings. The Morgan fingerprint density at radius 3 is 2.89 bits per heavy atom. The SMILES string of the molecule is CCn1ccc2cc(Nc3cnccn3)nc(N[C@@H]3CCC(=O)NC3)c2c1=O. The Labute approximate surface area is 161 Å². The third kappa shape index (κ3) is 3.64. The molecule has 0 radical (unpaired) electrons. The van der Waals surface area contributed by atoms with Crippen LogP contribution in [-0.4, -0.2) is 38.0 Å². The second-order valence-corrected chi connectivity index (χ2v) is 6.63. The molecule has 4 rings (SSSR count). The van der Waals surface area contributed by atoms with Crippen molar-refractivity contribution in [2.45, 2.75) is 32.4 Å². The van der Waals surface area contributed by atoms with Crippen molar-refractivity contribution in [1.82, 2.24) is 24.8 Å². The Kier molecular flexibility index (Phi) is 4.88. The van der Waals surface area contributed by atoms with Crippen LogP contribution < -0.4 is 21.5 Å². The molecular weight excluding hydrogens is 358 g/mol. The first-order valence-electron chi connectivity index (χ1n) is 9.24. The van der Waals surface area contributed by atoms with Gasteiger partial charge in [0.2, 0.25) is 5.91 Å². The normalized spacial score (nSPS) is 16.6. The Hall–Kier alpha value is -3.49. The molecule has 0 saturated carbocycles. The third-order valence-corrected chi connectivity index (χ3v) is 4.73. The van der Waals surface area contributed by atoms with Crippen molar-refractivity contribution in [3.63, 3.8) is 0 Å². The fourth-order valence-corrected chi connectivity index (χ4v) is 3.26. The van der Waals surface area contributed by atoms with Crippen LogP contribution in [0.3, 0.4) is 0 Å². The highest BCUT2D eigenvalue weighted by Gasteiger charge is 2.20. The van der Waals surface area contributed by atoms with Gasteiger partial charge in [0.1, 0.15) is 17.5 Å².